The van der Waals surface area contributed by atoms with E-state index in [-0.39, 0.29) is 23.9 Å². The molecule has 0 aromatic heterocycles. The first-order valence-electron chi connectivity index (χ1n) is 13.4. The second-order valence-corrected chi connectivity index (χ2v) is 8.98. The van der Waals surface area contributed by atoms with Crippen LogP contribution in [0.15, 0.2) is 90.0 Å². The molecule has 0 aliphatic rings. The summed E-state index contributed by atoms with van der Waals surface area (Å²) >= 11 is 0. The van der Waals surface area contributed by atoms with Crippen molar-refractivity contribution < 1.29 is 33.6 Å². The molecule has 0 saturated carbocycles. The van der Waals surface area contributed by atoms with Gasteiger partial charge in [0.2, 0.25) is 5.75 Å². The van der Waals surface area contributed by atoms with E-state index >= 15 is 0 Å². The zero-order chi connectivity index (χ0) is 31.5. The van der Waals surface area contributed by atoms with Crippen LogP contribution >= 0.6 is 0 Å². The first-order valence-corrected chi connectivity index (χ1v) is 13.4. The van der Waals surface area contributed by atoms with Crippen LogP contribution in [0, 0.1) is 20.2 Å². The molecule has 0 fully saturated rings. The SMILES string of the molecule is CCOc1cc(C(=O)N/N=C/c2ccc(Oc3ccc([N+](=O)[O-])cc3[N+](=O)[O-])c(OCC)c2)ccc1OCc1ccccc1. The predicted molar refractivity (Wildman–Crippen MR) is 161 cm³/mol. The third-order valence-corrected chi connectivity index (χ3v) is 5.96. The summed E-state index contributed by atoms with van der Waals surface area (Å²) in [7, 11) is 0. The first kappa shape index (κ1) is 31.0. The van der Waals surface area contributed by atoms with Crippen LogP contribution in [0.2, 0.25) is 0 Å². The molecule has 0 radical (unpaired) electrons. The molecule has 226 valence electrons. The number of nitrogens with zero attached hydrogens (tertiary/aromatic N) is 3. The summed E-state index contributed by atoms with van der Waals surface area (Å²) in [6, 6.07) is 22.2. The quantitative estimate of drug-likeness (QED) is 0.0974. The Bertz CT molecular complexity index is 1680. The van der Waals surface area contributed by atoms with Gasteiger partial charge in [0.05, 0.1) is 35.3 Å². The van der Waals surface area contributed by atoms with Crippen molar-refractivity contribution in [3.8, 4) is 28.7 Å². The normalized spacial score (nSPS) is 10.7. The fourth-order valence-electron chi connectivity index (χ4n) is 3.93. The summed E-state index contributed by atoms with van der Waals surface area (Å²) in [6.07, 6.45) is 1.39. The largest absolute Gasteiger partial charge is 0.490 e. The van der Waals surface area contributed by atoms with Crippen LogP contribution in [0.25, 0.3) is 0 Å². The van der Waals surface area contributed by atoms with Gasteiger partial charge in [0, 0.05) is 11.6 Å². The Hall–Kier alpha value is -5.98. The number of rotatable bonds is 14. The lowest BCUT2D eigenvalue weighted by Gasteiger charge is -2.13. The van der Waals surface area contributed by atoms with Crippen molar-refractivity contribution in [3.63, 3.8) is 0 Å². The van der Waals surface area contributed by atoms with Crippen LogP contribution in [-0.2, 0) is 6.61 Å². The fraction of sp³-hybridized carbons (Fsp3) is 0.161. The summed E-state index contributed by atoms with van der Waals surface area (Å²) in [5.41, 5.74) is 3.28. The van der Waals surface area contributed by atoms with E-state index in [0.29, 0.717) is 35.8 Å². The monoisotopic (exact) mass is 600 g/mol. The lowest BCUT2D eigenvalue weighted by molar-refractivity contribution is -0.394. The van der Waals surface area contributed by atoms with Crippen molar-refractivity contribution in [3.05, 3.63) is 122 Å². The van der Waals surface area contributed by atoms with Gasteiger partial charge in [0.25, 0.3) is 11.6 Å². The van der Waals surface area contributed by atoms with Gasteiger partial charge in [-0.15, -0.1) is 0 Å². The molecule has 13 nitrogen and oxygen atoms in total. The Morgan fingerprint density at radius 2 is 1.45 bits per heavy atom. The maximum atomic E-state index is 12.8. The molecule has 0 bridgehead atoms. The number of amides is 1. The number of ether oxygens (including phenoxy) is 4. The number of benzene rings is 4. The molecule has 0 heterocycles. The average Bonchev–Trinajstić information content (AvgIpc) is 3.02. The number of nitro benzene ring substituents is 2. The van der Waals surface area contributed by atoms with Gasteiger partial charge in [-0.3, -0.25) is 25.0 Å². The molecule has 0 aliphatic carbocycles. The maximum absolute atomic E-state index is 12.8. The third-order valence-electron chi connectivity index (χ3n) is 5.96. The Kier molecular flexibility index (Phi) is 10.4. The Labute approximate surface area is 251 Å². The Balaban J connectivity index is 1.46. The average molecular weight is 601 g/mol. The predicted octanol–water partition coefficient (Wildman–Crippen LogP) is 6.44. The molecule has 0 spiro atoms. The van der Waals surface area contributed by atoms with Crippen LogP contribution in [0.3, 0.4) is 0 Å². The number of hydrazone groups is 1. The number of carbonyl (C=O) groups is 1. The zero-order valence-electron chi connectivity index (χ0n) is 23.8. The minimum Gasteiger partial charge on any atom is -0.490 e. The second kappa shape index (κ2) is 14.8. The molecule has 4 aromatic carbocycles. The number of non-ortho nitro benzene ring substituents is 1. The smallest absolute Gasteiger partial charge is 0.318 e. The lowest BCUT2D eigenvalue weighted by Crippen LogP contribution is -2.17. The summed E-state index contributed by atoms with van der Waals surface area (Å²) in [5.74, 6) is 0.627. The van der Waals surface area contributed by atoms with Gasteiger partial charge in [0.15, 0.2) is 23.0 Å². The highest BCUT2D eigenvalue weighted by Crippen LogP contribution is 2.38. The van der Waals surface area contributed by atoms with Gasteiger partial charge in [-0.2, -0.15) is 5.10 Å². The highest BCUT2D eigenvalue weighted by Gasteiger charge is 2.22. The minimum atomic E-state index is -0.769. The van der Waals surface area contributed by atoms with Crippen LogP contribution < -0.4 is 24.4 Å². The number of nitro groups is 2. The van der Waals surface area contributed by atoms with E-state index in [2.05, 4.69) is 10.5 Å². The molecule has 44 heavy (non-hydrogen) atoms. The molecule has 0 saturated heterocycles. The molecule has 4 rings (SSSR count). The fourth-order valence-corrected chi connectivity index (χ4v) is 3.93. The summed E-state index contributed by atoms with van der Waals surface area (Å²) in [5, 5.41) is 26.5. The number of hydrogen-bond acceptors (Lipinski definition) is 10. The number of nitrogens with one attached hydrogen (secondary N) is 1. The van der Waals surface area contributed by atoms with E-state index in [1.54, 1.807) is 37.3 Å². The third kappa shape index (κ3) is 8.06. The minimum absolute atomic E-state index is 0.142. The highest BCUT2D eigenvalue weighted by molar-refractivity contribution is 5.95. The van der Waals surface area contributed by atoms with Gasteiger partial charge in [-0.1, -0.05) is 30.3 Å². The van der Waals surface area contributed by atoms with Gasteiger partial charge < -0.3 is 18.9 Å². The van der Waals surface area contributed by atoms with E-state index in [1.165, 1.54) is 12.3 Å². The van der Waals surface area contributed by atoms with Crippen LogP contribution in [0.4, 0.5) is 11.4 Å². The molecular formula is C31H28N4O9. The van der Waals surface area contributed by atoms with E-state index < -0.39 is 27.1 Å². The van der Waals surface area contributed by atoms with Gasteiger partial charge in [0.1, 0.15) is 6.61 Å². The van der Waals surface area contributed by atoms with Crippen molar-refractivity contribution in [2.24, 2.45) is 5.10 Å². The number of carbonyl (C=O) groups excluding carboxylic acids is 1. The Morgan fingerprint density at radius 1 is 0.773 bits per heavy atom. The van der Waals surface area contributed by atoms with Crippen molar-refractivity contribution >= 4 is 23.5 Å². The summed E-state index contributed by atoms with van der Waals surface area (Å²) in [4.78, 5) is 33.8. The van der Waals surface area contributed by atoms with E-state index in [1.807, 2.05) is 37.3 Å². The van der Waals surface area contributed by atoms with E-state index in [4.69, 9.17) is 18.9 Å². The van der Waals surface area contributed by atoms with Crippen molar-refractivity contribution in [2.45, 2.75) is 20.5 Å². The van der Waals surface area contributed by atoms with Gasteiger partial charge in [-0.05, 0) is 67.4 Å². The van der Waals surface area contributed by atoms with E-state index in [0.717, 1.165) is 23.8 Å². The topological polar surface area (TPSA) is 165 Å². The molecular weight excluding hydrogens is 572 g/mol. The lowest BCUT2D eigenvalue weighted by atomic mass is 10.2. The summed E-state index contributed by atoms with van der Waals surface area (Å²) in [6.45, 7) is 4.55. The zero-order valence-corrected chi connectivity index (χ0v) is 23.8. The van der Waals surface area contributed by atoms with Crippen molar-refractivity contribution in [1.29, 1.82) is 0 Å². The van der Waals surface area contributed by atoms with Gasteiger partial charge >= 0.3 is 5.69 Å². The molecule has 1 N–H and O–H groups in total. The molecule has 0 aliphatic heterocycles. The molecule has 1 amide bonds. The molecule has 13 heteroatoms. The molecule has 4 aromatic rings. The Morgan fingerprint density at radius 3 is 2.14 bits per heavy atom. The van der Waals surface area contributed by atoms with Crippen molar-refractivity contribution in [2.75, 3.05) is 13.2 Å². The van der Waals surface area contributed by atoms with Crippen LogP contribution in [0.1, 0.15) is 35.3 Å². The molecule has 0 unspecified atom stereocenters. The first-order chi connectivity index (χ1) is 21.3. The van der Waals surface area contributed by atoms with Crippen LogP contribution in [0.5, 0.6) is 28.7 Å². The second-order valence-electron chi connectivity index (χ2n) is 8.98. The summed E-state index contributed by atoms with van der Waals surface area (Å²) < 4.78 is 22.9. The highest BCUT2D eigenvalue weighted by atomic mass is 16.6. The van der Waals surface area contributed by atoms with Gasteiger partial charge in [-0.25, -0.2) is 5.43 Å². The maximum Gasteiger partial charge on any atom is 0.318 e. The van der Waals surface area contributed by atoms with Crippen LogP contribution in [-0.4, -0.2) is 35.2 Å². The number of hydrogen-bond donors (Lipinski definition) is 1. The standard InChI is InChI=1S/C31H28N4O9/c1-3-41-29-16-22(10-13-28(29)44-26-15-12-24(34(37)38)18-25(26)35(39)40)19-32-33-31(36)23-11-14-27(30(17-23)42-4-2)43-20-21-8-6-5-7-9-21/h5-19H,3-4,20H2,1-2H3,(H,33,36)/b32-19+. The van der Waals surface area contributed by atoms with Crippen molar-refractivity contribution in [1.82, 2.24) is 5.43 Å². The molecule has 0 atom stereocenters. The van der Waals surface area contributed by atoms with E-state index in [9.17, 15) is 25.0 Å².